The van der Waals surface area contributed by atoms with E-state index in [0.717, 1.165) is 23.5 Å². The maximum absolute atomic E-state index is 11.0. The van der Waals surface area contributed by atoms with Gasteiger partial charge in [0.2, 0.25) is 5.91 Å². The maximum atomic E-state index is 11.0. The van der Waals surface area contributed by atoms with E-state index in [0.29, 0.717) is 11.6 Å². The molecule has 0 spiro atoms. The van der Waals surface area contributed by atoms with Crippen LogP contribution in [0.15, 0.2) is 48.5 Å². The lowest BCUT2D eigenvalue weighted by Gasteiger charge is -2.17. The molecule has 2 aromatic rings. The van der Waals surface area contributed by atoms with Gasteiger partial charge in [-0.3, -0.25) is 4.79 Å². The Morgan fingerprint density at radius 3 is 2.55 bits per heavy atom. The monoisotopic (exact) mass is 317 g/mol. The van der Waals surface area contributed by atoms with Gasteiger partial charge in [-0.2, -0.15) is 0 Å². The quantitative estimate of drug-likeness (QED) is 0.834. The number of carbonyl (C=O) groups is 1. The molecule has 0 heterocycles. The molecule has 0 aliphatic rings. The third-order valence-corrected chi connectivity index (χ3v) is 3.69. The van der Waals surface area contributed by atoms with Crippen molar-refractivity contribution in [3.05, 3.63) is 59.1 Å². The number of ether oxygens (including phenoxy) is 1. The van der Waals surface area contributed by atoms with Crippen LogP contribution in [0.25, 0.3) is 0 Å². The highest BCUT2D eigenvalue weighted by atomic mass is 35.5. The zero-order valence-electron chi connectivity index (χ0n) is 12.8. The molecule has 2 aromatic carbocycles. The van der Waals surface area contributed by atoms with Gasteiger partial charge in [0.25, 0.3) is 0 Å². The molecular weight excluding hydrogens is 298 g/mol. The summed E-state index contributed by atoms with van der Waals surface area (Å²) in [7, 11) is 0. The van der Waals surface area contributed by atoms with Crippen molar-refractivity contribution < 1.29 is 9.53 Å². The molecule has 1 amide bonds. The lowest BCUT2D eigenvalue weighted by Crippen LogP contribution is -2.22. The third kappa shape index (κ3) is 4.78. The van der Waals surface area contributed by atoms with E-state index < -0.39 is 0 Å². The molecule has 0 aliphatic heterocycles. The number of carbonyl (C=O) groups excluding carboxylic acids is 1. The normalized spacial score (nSPS) is 11.8. The number of para-hydroxylation sites is 1. The number of benzene rings is 2. The second-order valence-electron chi connectivity index (χ2n) is 5.27. The van der Waals surface area contributed by atoms with E-state index in [1.54, 1.807) is 12.1 Å². The van der Waals surface area contributed by atoms with Crippen molar-refractivity contribution in [1.29, 1.82) is 0 Å². The van der Waals surface area contributed by atoms with E-state index in [2.05, 4.69) is 18.3 Å². The Morgan fingerprint density at radius 1 is 1.18 bits per heavy atom. The summed E-state index contributed by atoms with van der Waals surface area (Å²) in [6.45, 7) is 4.32. The first-order valence-corrected chi connectivity index (χ1v) is 7.71. The zero-order valence-corrected chi connectivity index (χ0v) is 13.6. The van der Waals surface area contributed by atoms with Crippen LogP contribution in [0.5, 0.6) is 11.5 Å². The molecule has 0 bridgehead atoms. The molecule has 1 unspecified atom stereocenters. The Balaban J connectivity index is 2.08. The van der Waals surface area contributed by atoms with Crippen LogP contribution in [0.2, 0.25) is 5.02 Å². The minimum atomic E-state index is -0.00194. The Bertz CT molecular complexity index is 625. The van der Waals surface area contributed by atoms with E-state index in [-0.39, 0.29) is 11.8 Å². The molecule has 0 fully saturated rings. The molecule has 1 atom stereocenters. The average Bonchev–Trinajstić information content (AvgIpc) is 2.49. The molecule has 0 saturated heterocycles. The Labute approximate surface area is 136 Å². The van der Waals surface area contributed by atoms with Crippen molar-refractivity contribution in [3.8, 4) is 11.5 Å². The maximum Gasteiger partial charge on any atom is 0.216 e. The number of nitrogens with one attached hydrogen (secondary N) is 1. The van der Waals surface area contributed by atoms with Crippen molar-refractivity contribution >= 4 is 17.5 Å². The van der Waals surface area contributed by atoms with Gasteiger partial charge >= 0.3 is 0 Å². The van der Waals surface area contributed by atoms with Crippen LogP contribution in [0.4, 0.5) is 0 Å². The fraction of sp³-hybridized carbons (Fsp3) is 0.278. The van der Waals surface area contributed by atoms with Crippen molar-refractivity contribution in [2.75, 3.05) is 6.54 Å². The van der Waals surface area contributed by atoms with E-state index in [1.807, 2.05) is 30.3 Å². The summed E-state index contributed by atoms with van der Waals surface area (Å²) in [4.78, 5) is 11.0. The van der Waals surface area contributed by atoms with Gasteiger partial charge < -0.3 is 10.1 Å². The van der Waals surface area contributed by atoms with Crippen LogP contribution in [0.3, 0.4) is 0 Å². The number of hydrogen-bond donors (Lipinski definition) is 1. The van der Waals surface area contributed by atoms with Gasteiger partial charge in [-0.05, 0) is 48.2 Å². The lowest BCUT2D eigenvalue weighted by atomic mass is 9.97. The number of hydrogen-bond acceptors (Lipinski definition) is 2. The highest BCUT2D eigenvalue weighted by Gasteiger charge is 2.12. The Kier molecular flexibility index (Phi) is 5.84. The molecule has 0 aliphatic carbocycles. The van der Waals surface area contributed by atoms with Gasteiger partial charge in [0, 0.05) is 18.5 Å². The van der Waals surface area contributed by atoms with E-state index in [9.17, 15) is 4.79 Å². The standard InChI is InChI=1S/C18H20ClNO2/c1-13(11-12-20-14(2)21)17-5-3-4-6-18(17)22-16-9-7-15(19)8-10-16/h3-10,13H,11-12H2,1-2H3,(H,20,21). The highest BCUT2D eigenvalue weighted by Crippen LogP contribution is 2.32. The summed E-state index contributed by atoms with van der Waals surface area (Å²) in [6.07, 6.45) is 0.862. The van der Waals surface area contributed by atoms with Gasteiger partial charge in [-0.25, -0.2) is 0 Å². The summed E-state index contributed by atoms with van der Waals surface area (Å²) in [5.74, 6) is 1.87. The molecule has 0 saturated carbocycles. The van der Waals surface area contributed by atoms with Crippen LogP contribution in [-0.2, 0) is 4.79 Å². The van der Waals surface area contributed by atoms with Crippen molar-refractivity contribution in [2.45, 2.75) is 26.2 Å². The molecule has 4 heteroatoms. The number of halogens is 1. The second kappa shape index (κ2) is 7.85. The highest BCUT2D eigenvalue weighted by molar-refractivity contribution is 6.30. The Hall–Kier alpha value is -2.00. The molecule has 1 N–H and O–H groups in total. The lowest BCUT2D eigenvalue weighted by molar-refractivity contribution is -0.118. The minimum Gasteiger partial charge on any atom is -0.457 e. The first kappa shape index (κ1) is 16.4. The average molecular weight is 318 g/mol. The molecule has 0 aromatic heterocycles. The van der Waals surface area contributed by atoms with Crippen LogP contribution in [0.1, 0.15) is 31.7 Å². The number of amides is 1. The summed E-state index contributed by atoms with van der Waals surface area (Å²) >= 11 is 5.89. The number of rotatable bonds is 6. The minimum absolute atomic E-state index is 0.00194. The fourth-order valence-corrected chi connectivity index (χ4v) is 2.36. The summed E-state index contributed by atoms with van der Waals surface area (Å²) in [5, 5.41) is 3.51. The third-order valence-electron chi connectivity index (χ3n) is 3.44. The fourth-order valence-electron chi connectivity index (χ4n) is 2.23. The molecule has 0 radical (unpaired) electrons. The van der Waals surface area contributed by atoms with Crippen molar-refractivity contribution in [2.24, 2.45) is 0 Å². The molecular formula is C18H20ClNO2. The largest absolute Gasteiger partial charge is 0.457 e. The predicted molar refractivity (Wildman–Crippen MR) is 89.7 cm³/mol. The SMILES string of the molecule is CC(=O)NCCC(C)c1ccccc1Oc1ccc(Cl)cc1. The van der Waals surface area contributed by atoms with Crippen LogP contribution < -0.4 is 10.1 Å². The molecule has 116 valence electrons. The molecule has 3 nitrogen and oxygen atoms in total. The van der Waals surface area contributed by atoms with Gasteiger partial charge in [0.1, 0.15) is 11.5 Å². The van der Waals surface area contributed by atoms with Gasteiger partial charge in [-0.1, -0.05) is 36.7 Å². The van der Waals surface area contributed by atoms with Gasteiger partial charge in [0.05, 0.1) is 0 Å². The Morgan fingerprint density at radius 2 is 1.86 bits per heavy atom. The van der Waals surface area contributed by atoms with E-state index in [4.69, 9.17) is 16.3 Å². The van der Waals surface area contributed by atoms with Crippen molar-refractivity contribution in [1.82, 2.24) is 5.32 Å². The first-order valence-electron chi connectivity index (χ1n) is 7.33. The smallest absolute Gasteiger partial charge is 0.216 e. The summed E-state index contributed by atoms with van der Waals surface area (Å²) < 4.78 is 5.97. The van der Waals surface area contributed by atoms with E-state index in [1.165, 1.54) is 6.92 Å². The second-order valence-corrected chi connectivity index (χ2v) is 5.70. The van der Waals surface area contributed by atoms with Crippen LogP contribution >= 0.6 is 11.6 Å². The van der Waals surface area contributed by atoms with Crippen LogP contribution in [-0.4, -0.2) is 12.5 Å². The summed E-state index contributed by atoms with van der Waals surface area (Å²) in [5.41, 5.74) is 1.13. The first-order chi connectivity index (χ1) is 10.6. The molecule has 22 heavy (non-hydrogen) atoms. The van der Waals surface area contributed by atoms with Crippen molar-refractivity contribution in [3.63, 3.8) is 0 Å². The molecule has 2 rings (SSSR count). The topological polar surface area (TPSA) is 38.3 Å². The zero-order chi connectivity index (χ0) is 15.9. The van der Waals surface area contributed by atoms with Gasteiger partial charge in [-0.15, -0.1) is 0 Å². The predicted octanol–water partition coefficient (Wildman–Crippen LogP) is 4.76. The van der Waals surface area contributed by atoms with E-state index >= 15 is 0 Å². The van der Waals surface area contributed by atoms with Gasteiger partial charge in [0.15, 0.2) is 0 Å². The summed E-state index contributed by atoms with van der Waals surface area (Å²) in [6, 6.07) is 15.3. The van der Waals surface area contributed by atoms with Crippen LogP contribution in [0, 0.1) is 0 Å².